The third kappa shape index (κ3) is 2.52. The van der Waals surface area contributed by atoms with Crippen LogP contribution >= 0.6 is 0 Å². The average molecular weight is 402 g/mol. The van der Waals surface area contributed by atoms with E-state index >= 15 is 0 Å². The molecule has 1 aromatic heterocycles. The van der Waals surface area contributed by atoms with Crippen LogP contribution in [0, 0.1) is 11.3 Å². The number of nitriles is 1. The maximum Gasteiger partial charge on any atom is 0.265 e. The molecular formula is C21H14N4O3S. The number of imidazole rings is 1. The van der Waals surface area contributed by atoms with E-state index in [1.54, 1.807) is 30.3 Å². The first kappa shape index (κ1) is 17.4. The number of nitrogens with one attached hydrogen (secondary N) is 1. The fourth-order valence-electron chi connectivity index (χ4n) is 3.76. The van der Waals surface area contributed by atoms with Crippen molar-refractivity contribution in [3.05, 3.63) is 66.5 Å². The molecule has 0 saturated carbocycles. The first-order chi connectivity index (χ1) is 14.0. The molecule has 7 nitrogen and oxygen atoms in total. The fraction of sp³-hybridized carbons (Fsp3) is 0.0952. The lowest BCUT2D eigenvalue weighted by atomic mass is 10.0. The topological polar surface area (TPSA) is 107 Å². The molecular weight excluding hydrogens is 388 g/mol. The van der Waals surface area contributed by atoms with E-state index in [4.69, 9.17) is 0 Å². The number of aromatic amines is 1. The number of hydrogen-bond acceptors (Lipinski definition) is 5. The van der Waals surface area contributed by atoms with Gasteiger partial charge in [0.25, 0.3) is 10.0 Å². The monoisotopic (exact) mass is 402 g/mol. The number of sulfonamides is 1. The van der Waals surface area contributed by atoms with Crippen LogP contribution in [0.3, 0.4) is 0 Å². The van der Waals surface area contributed by atoms with Crippen LogP contribution in [-0.4, -0.2) is 30.7 Å². The Bertz CT molecular complexity index is 1410. The molecule has 8 heteroatoms. The second-order valence-corrected chi connectivity index (χ2v) is 8.64. The number of fused-ring (bicyclic) bond motifs is 1. The summed E-state index contributed by atoms with van der Waals surface area (Å²) in [7, 11) is -3.87. The number of Topliss-reactive ketones (excluding diaryl/α,β-unsaturated/α-hetero) is 1. The molecule has 4 aromatic rings. The van der Waals surface area contributed by atoms with Crippen LogP contribution in [0.4, 0.5) is 5.69 Å². The molecule has 29 heavy (non-hydrogen) atoms. The van der Waals surface area contributed by atoms with E-state index in [0.29, 0.717) is 22.1 Å². The molecule has 5 rings (SSSR count). The van der Waals surface area contributed by atoms with Gasteiger partial charge in [-0.15, -0.1) is 0 Å². The molecule has 0 amide bonds. The Balaban J connectivity index is 1.53. The number of anilines is 1. The van der Waals surface area contributed by atoms with Crippen molar-refractivity contribution >= 4 is 43.3 Å². The zero-order valence-electron chi connectivity index (χ0n) is 15.0. The molecule has 1 N–H and O–H groups in total. The average Bonchev–Trinajstić information content (AvgIpc) is 3.23. The van der Waals surface area contributed by atoms with Gasteiger partial charge in [-0.1, -0.05) is 36.4 Å². The minimum atomic E-state index is -3.87. The summed E-state index contributed by atoms with van der Waals surface area (Å²) in [5.41, 5.74) is 1.80. The van der Waals surface area contributed by atoms with Gasteiger partial charge < -0.3 is 4.98 Å². The normalized spacial score (nSPS) is 15.5. The Morgan fingerprint density at radius 3 is 2.62 bits per heavy atom. The molecule has 2 heterocycles. The highest BCUT2D eigenvalue weighted by molar-refractivity contribution is 7.93. The van der Waals surface area contributed by atoms with Crippen molar-refractivity contribution < 1.29 is 13.2 Å². The number of rotatable bonds is 4. The largest absolute Gasteiger partial charge is 0.340 e. The molecule has 1 aliphatic heterocycles. The lowest BCUT2D eigenvalue weighted by molar-refractivity contribution is -0.118. The first-order valence-electron chi connectivity index (χ1n) is 8.92. The fourth-order valence-corrected chi connectivity index (χ4v) is 5.43. The summed E-state index contributed by atoms with van der Waals surface area (Å²) >= 11 is 0. The van der Waals surface area contributed by atoms with E-state index in [1.807, 2.05) is 30.3 Å². The van der Waals surface area contributed by atoms with Crippen LogP contribution in [-0.2, 0) is 14.8 Å². The highest BCUT2D eigenvalue weighted by Gasteiger charge is 2.38. The van der Waals surface area contributed by atoms with Crippen LogP contribution in [0.1, 0.15) is 11.7 Å². The van der Waals surface area contributed by atoms with Gasteiger partial charge in [0.2, 0.25) is 0 Å². The number of ketones is 1. The van der Waals surface area contributed by atoms with Gasteiger partial charge in [0.05, 0.1) is 34.2 Å². The standard InChI is InChI=1S/C21H14N4O3S/c22-11-14(21-23-15-7-1-2-8-16(15)24-21)18(26)12-25-17-9-3-5-13-6-4-10-19(20(13)17)29(25,27)28/h1-10,14H,12H2,(H,23,24). The maximum absolute atomic E-state index is 13.1. The first-order valence-corrected chi connectivity index (χ1v) is 10.4. The van der Waals surface area contributed by atoms with Crippen molar-refractivity contribution in [1.82, 2.24) is 9.97 Å². The molecule has 0 bridgehead atoms. The van der Waals surface area contributed by atoms with E-state index in [0.717, 1.165) is 9.69 Å². The van der Waals surface area contributed by atoms with Crippen molar-refractivity contribution in [3.8, 4) is 6.07 Å². The molecule has 0 fully saturated rings. The van der Waals surface area contributed by atoms with Gasteiger partial charge in [0, 0.05) is 5.39 Å². The maximum atomic E-state index is 13.1. The minimum Gasteiger partial charge on any atom is -0.340 e. The van der Waals surface area contributed by atoms with E-state index in [1.165, 1.54) is 6.07 Å². The Labute approximate surface area is 166 Å². The predicted molar refractivity (Wildman–Crippen MR) is 108 cm³/mol. The Hall–Kier alpha value is -3.70. The highest BCUT2D eigenvalue weighted by atomic mass is 32.2. The smallest absolute Gasteiger partial charge is 0.265 e. The van der Waals surface area contributed by atoms with Gasteiger partial charge in [0.15, 0.2) is 11.7 Å². The van der Waals surface area contributed by atoms with E-state index in [9.17, 15) is 18.5 Å². The van der Waals surface area contributed by atoms with Gasteiger partial charge in [0.1, 0.15) is 5.82 Å². The molecule has 0 saturated heterocycles. The van der Waals surface area contributed by atoms with Crippen LogP contribution in [0.15, 0.2) is 65.6 Å². The second kappa shape index (κ2) is 6.15. The number of aromatic nitrogens is 2. The zero-order valence-corrected chi connectivity index (χ0v) is 15.8. The predicted octanol–water partition coefficient (Wildman–Crippen LogP) is 3.10. The second-order valence-electron chi connectivity index (χ2n) is 6.81. The molecule has 0 radical (unpaired) electrons. The van der Waals surface area contributed by atoms with Crippen LogP contribution in [0.5, 0.6) is 0 Å². The number of para-hydroxylation sites is 2. The van der Waals surface area contributed by atoms with Gasteiger partial charge in [-0.25, -0.2) is 13.4 Å². The minimum absolute atomic E-state index is 0.177. The van der Waals surface area contributed by atoms with Crippen LogP contribution in [0.25, 0.3) is 21.8 Å². The van der Waals surface area contributed by atoms with Crippen LogP contribution < -0.4 is 4.31 Å². The van der Waals surface area contributed by atoms with Crippen LogP contribution in [0.2, 0.25) is 0 Å². The number of nitrogens with zero attached hydrogens (tertiary/aromatic N) is 3. The van der Waals surface area contributed by atoms with Gasteiger partial charge in [-0.2, -0.15) is 5.26 Å². The Morgan fingerprint density at radius 2 is 1.86 bits per heavy atom. The lowest BCUT2D eigenvalue weighted by Gasteiger charge is -2.19. The summed E-state index contributed by atoms with van der Waals surface area (Å²) in [5.74, 6) is -1.52. The Morgan fingerprint density at radius 1 is 1.10 bits per heavy atom. The van der Waals surface area contributed by atoms with E-state index < -0.39 is 28.3 Å². The van der Waals surface area contributed by atoms with E-state index in [-0.39, 0.29) is 10.7 Å². The third-order valence-electron chi connectivity index (χ3n) is 5.11. The molecule has 0 spiro atoms. The number of benzene rings is 3. The molecule has 1 aliphatic rings. The number of hydrogen-bond donors (Lipinski definition) is 1. The van der Waals surface area contributed by atoms with E-state index in [2.05, 4.69) is 9.97 Å². The summed E-state index contributed by atoms with van der Waals surface area (Å²) in [6.45, 7) is -0.439. The quantitative estimate of drug-likeness (QED) is 0.564. The van der Waals surface area contributed by atoms with Gasteiger partial charge in [-0.3, -0.25) is 9.10 Å². The lowest BCUT2D eigenvalue weighted by Crippen LogP contribution is -2.35. The van der Waals surface area contributed by atoms with Crippen molar-refractivity contribution in [1.29, 1.82) is 5.26 Å². The molecule has 1 atom stereocenters. The number of H-pyrrole nitrogens is 1. The number of carbonyl (C=O) groups excluding carboxylic acids is 1. The summed E-state index contributed by atoms with van der Waals surface area (Å²) < 4.78 is 27.2. The molecule has 3 aromatic carbocycles. The van der Waals surface area contributed by atoms with Gasteiger partial charge in [-0.05, 0) is 29.7 Å². The molecule has 142 valence electrons. The van der Waals surface area contributed by atoms with Crippen molar-refractivity contribution in [2.45, 2.75) is 10.8 Å². The molecule has 1 unspecified atom stereocenters. The Kier molecular flexibility index (Phi) is 3.69. The SMILES string of the molecule is N#CC(C(=O)CN1c2cccc3cccc(c23)S1(=O)=O)c1nc2ccccc2[nH]1. The summed E-state index contributed by atoms with van der Waals surface area (Å²) in [5, 5.41) is 11.0. The summed E-state index contributed by atoms with van der Waals surface area (Å²) in [4.78, 5) is 20.5. The summed E-state index contributed by atoms with van der Waals surface area (Å²) in [6, 6.07) is 19.5. The molecule has 0 aliphatic carbocycles. The highest BCUT2D eigenvalue weighted by Crippen LogP contribution is 2.42. The van der Waals surface area contributed by atoms with Crippen molar-refractivity contribution in [3.63, 3.8) is 0 Å². The number of carbonyl (C=O) groups is 1. The van der Waals surface area contributed by atoms with Crippen molar-refractivity contribution in [2.75, 3.05) is 10.8 Å². The van der Waals surface area contributed by atoms with Crippen molar-refractivity contribution in [2.24, 2.45) is 0 Å². The summed E-state index contributed by atoms with van der Waals surface area (Å²) in [6.07, 6.45) is 0. The zero-order chi connectivity index (χ0) is 20.2. The van der Waals surface area contributed by atoms with Gasteiger partial charge >= 0.3 is 0 Å². The third-order valence-corrected chi connectivity index (χ3v) is 6.91.